The van der Waals surface area contributed by atoms with Gasteiger partial charge in [-0.2, -0.15) is 0 Å². The van der Waals surface area contributed by atoms with Crippen LogP contribution in [0.4, 0.5) is 11.6 Å². The summed E-state index contributed by atoms with van der Waals surface area (Å²) in [5.74, 6) is 1.05. The molecule has 1 saturated heterocycles. The summed E-state index contributed by atoms with van der Waals surface area (Å²) in [5.41, 5.74) is 4.60. The van der Waals surface area contributed by atoms with Crippen molar-refractivity contribution in [2.75, 3.05) is 48.9 Å². The molecule has 34 heavy (non-hydrogen) atoms. The minimum atomic E-state index is -0.000386. The molecule has 1 fully saturated rings. The van der Waals surface area contributed by atoms with Crippen molar-refractivity contribution in [3.63, 3.8) is 0 Å². The van der Waals surface area contributed by atoms with Crippen molar-refractivity contribution in [1.29, 1.82) is 0 Å². The molecule has 5 rings (SSSR count). The van der Waals surface area contributed by atoms with Crippen LogP contribution in [0.15, 0.2) is 47.6 Å². The number of hydrogen-bond acceptors (Lipinski definition) is 7. The molecule has 0 bridgehead atoms. The number of ether oxygens (including phenoxy) is 1. The summed E-state index contributed by atoms with van der Waals surface area (Å²) < 4.78 is 7.55. The lowest BCUT2D eigenvalue weighted by atomic mass is 10.1. The number of benzene rings is 2. The second kappa shape index (κ2) is 9.60. The maximum absolute atomic E-state index is 13.0. The first kappa shape index (κ1) is 22.6. The van der Waals surface area contributed by atoms with Gasteiger partial charge in [0.15, 0.2) is 10.9 Å². The fraction of sp³-hybridized carbons (Fsp3) is 0.360. The van der Waals surface area contributed by atoms with Crippen molar-refractivity contribution < 1.29 is 14.3 Å². The molecular weight excluding hydrogens is 450 g/mol. The molecule has 3 aromatic rings. The summed E-state index contributed by atoms with van der Waals surface area (Å²) in [6, 6.07) is 13.8. The Kier molecular flexibility index (Phi) is 6.38. The standard InChI is InChI=1S/C25H27N5O3S/c1-3-17-5-4-6-20(13-17)30-24(29-9-11-33-12-10-29)26-27-25(30)34-16-22(31)18-7-8-21-19(14-18)15-23(32)28(21)2/h4-8,13-14H,3,9-12,15-16H2,1-2H3. The van der Waals surface area contributed by atoms with Gasteiger partial charge >= 0.3 is 0 Å². The van der Waals surface area contributed by atoms with Crippen LogP contribution in [0.1, 0.15) is 28.4 Å². The second-order valence-electron chi connectivity index (χ2n) is 8.43. The smallest absolute Gasteiger partial charge is 0.232 e. The van der Waals surface area contributed by atoms with Crippen LogP contribution in [0.5, 0.6) is 0 Å². The lowest BCUT2D eigenvalue weighted by Crippen LogP contribution is -2.37. The number of carbonyl (C=O) groups excluding carboxylic acids is 2. The third-order valence-electron chi connectivity index (χ3n) is 6.30. The number of anilines is 2. The van der Waals surface area contributed by atoms with Crippen LogP contribution < -0.4 is 9.80 Å². The zero-order valence-electron chi connectivity index (χ0n) is 19.4. The van der Waals surface area contributed by atoms with Gasteiger partial charge in [-0.3, -0.25) is 14.2 Å². The molecule has 0 spiro atoms. The number of carbonyl (C=O) groups is 2. The lowest BCUT2D eigenvalue weighted by molar-refractivity contribution is -0.117. The molecule has 0 N–H and O–H groups in total. The highest BCUT2D eigenvalue weighted by Gasteiger charge is 2.26. The molecule has 1 amide bonds. The number of hydrogen-bond donors (Lipinski definition) is 0. The van der Waals surface area contributed by atoms with E-state index < -0.39 is 0 Å². The highest BCUT2D eigenvalue weighted by Crippen LogP contribution is 2.31. The number of nitrogens with zero attached hydrogens (tertiary/aromatic N) is 5. The monoisotopic (exact) mass is 477 g/mol. The van der Waals surface area contributed by atoms with Crippen LogP contribution in [0, 0.1) is 0 Å². The van der Waals surface area contributed by atoms with Gasteiger partial charge in [0.05, 0.1) is 31.1 Å². The van der Waals surface area contributed by atoms with Gasteiger partial charge in [-0.05, 0) is 47.9 Å². The van der Waals surface area contributed by atoms with E-state index in [1.165, 1.54) is 17.3 Å². The molecule has 0 saturated carbocycles. The first-order valence-corrected chi connectivity index (χ1v) is 12.5. The van der Waals surface area contributed by atoms with Gasteiger partial charge in [-0.15, -0.1) is 10.2 Å². The Labute approximate surface area is 202 Å². The number of fused-ring (bicyclic) bond motifs is 1. The third kappa shape index (κ3) is 4.33. The fourth-order valence-electron chi connectivity index (χ4n) is 4.32. The Morgan fingerprint density at radius 2 is 1.94 bits per heavy atom. The van der Waals surface area contributed by atoms with Crippen molar-refractivity contribution in [3.8, 4) is 5.69 Å². The maximum Gasteiger partial charge on any atom is 0.232 e. The third-order valence-corrected chi connectivity index (χ3v) is 7.23. The molecule has 2 aliphatic heterocycles. The number of rotatable bonds is 7. The van der Waals surface area contributed by atoms with Crippen molar-refractivity contribution in [3.05, 3.63) is 59.2 Å². The minimum absolute atomic E-state index is 0.000386. The molecule has 2 aliphatic rings. The van der Waals surface area contributed by atoms with E-state index in [4.69, 9.17) is 4.74 Å². The minimum Gasteiger partial charge on any atom is -0.378 e. The van der Waals surface area contributed by atoms with Crippen LogP contribution >= 0.6 is 11.8 Å². The van der Waals surface area contributed by atoms with E-state index >= 15 is 0 Å². The second-order valence-corrected chi connectivity index (χ2v) is 9.37. The van der Waals surface area contributed by atoms with E-state index in [-0.39, 0.29) is 17.4 Å². The Hall–Kier alpha value is -3.17. The van der Waals surface area contributed by atoms with Crippen molar-refractivity contribution in [1.82, 2.24) is 14.8 Å². The summed E-state index contributed by atoms with van der Waals surface area (Å²) in [6.45, 7) is 4.93. The molecule has 0 radical (unpaired) electrons. The average Bonchev–Trinajstić information content (AvgIpc) is 3.43. The van der Waals surface area contributed by atoms with Gasteiger partial charge in [-0.25, -0.2) is 0 Å². The van der Waals surface area contributed by atoms with E-state index in [1.807, 2.05) is 28.8 Å². The first-order chi connectivity index (χ1) is 16.5. The predicted octanol–water partition coefficient (Wildman–Crippen LogP) is 3.16. The van der Waals surface area contributed by atoms with Gasteiger partial charge in [0.1, 0.15) is 0 Å². The molecule has 176 valence electrons. The molecule has 0 aliphatic carbocycles. The zero-order chi connectivity index (χ0) is 23.7. The molecule has 8 nitrogen and oxygen atoms in total. The van der Waals surface area contributed by atoms with Crippen LogP contribution in [0.2, 0.25) is 0 Å². The number of ketones is 1. The average molecular weight is 478 g/mol. The van der Waals surface area contributed by atoms with Crippen molar-refractivity contribution >= 4 is 35.1 Å². The van der Waals surface area contributed by atoms with Crippen molar-refractivity contribution in [2.45, 2.75) is 24.9 Å². The van der Waals surface area contributed by atoms with Crippen molar-refractivity contribution in [2.24, 2.45) is 0 Å². The lowest BCUT2D eigenvalue weighted by Gasteiger charge is -2.28. The largest absolute Gasteiger partial charge is 0.378 e. The quantitative estimate of drug-likeness (QED) is 0.382. The first-order valence-electron chi connectivity index (χ1n) is 11.5. The number of aromatic nitrogens is 3. The maximum atomic E-state index is 13.0. The SMILES string of the molecule is CCc1cccc(-n2c(SCC(=O)c3ccc4c(c3)CC(=O)N4C)nnc2N2CCOCC2)c1. The summed E-state index contributed by atoms with van der Waals surface area (Å²) in [6.07, 6.45) is 1.27. The van der Waals surface area contributed by atoms with Gasteiger partial charge in [0, 0.05) is 31.4 Å². The number of aryl methyl sites for hydroxylation is 1. The van der Waals surface area contributed by atoms with Crippen LogP contribution in [0.25, 0.3) is 5.69 Å². The summed E-state index contributed by atoms with van der Waals surface area (Å²) in [5, 5.41) is 9.63. The molecule has 2 aromatic carbocycles. The zero-order valence-corrected chi connectivity index (χ0v) is 20.2. The molecule has 0 unspecified atom stereocenters. The Morgan fingerprint density at radius 3 is 2.74 bits per heavy atom. The molecule has 9 heteroatoms. The Bertz CT molecular complexity index is 1240. The van der Waals surface area contributed by atoms with E-state index in [0.29, 0.717) is 30.4 Å². The van der Waals surface area contributed by atoms with E-state index in [0.717, 1.165) is 42.4 Å². The van der Waals surface area contributed by atoms with Gasteiger partial charge in [-0.1, -0.05) is 30.8 Å². The number of thioether (sulfide) groups is 1. The van der Waals surface area contributed by atoms with Crippen LogP contribution in [-0.2, 0) is 22.4 Å². The van der Waals surface area contributed by atoms with E-state index in [1.54, 1.807) is 18.0 Å². The Balaban J connectivity index is 1.40. The summed E-state index contributed by atoms with van der Waals surface area (Å²) >= 11 is 1.38. The van der Waals surface area contributed by atoms with E-state index in [9.17, 15) is 9.59 Å². The number of amides is 1. The van der Waals surface area contributed by atoms with E-state index in [2.05, 4.69) is 34.2 Å². The topological polar surface area (TPSA) is 80.6 Å². The van der Waals surface area contributed by atoms with Crippen LogP contribution in [0.3, 0.4) is 0 Å². The number of morpholine rings is 1. The number of likely N-dealkylation sites (N-methyl/N-ethyl adjacent to an activating group) is 1. The van der Waals surface area contributed by atoms with Gasteiger partial charge in [0.2, 0.25) is 11.9 Å². The number of Topliss-reactive ketones (excluding diaryl/α,β-unsaturated/α-hetero) is 1. The molecule has 3 heterocycles. The highest BCUT2D eigenvalue weighted by atomic mass is 32.2. The Morgan fingerprint density at radius 1 is 1.12 bits per heavy atom. The molecule has 0 atom stereocenters. The highest BCUT2D eigenvalue weighted by molar-refractivity contribution is 7.99. The molecular formula is C25H27N5O3S. The normalized spacial score (nSPS) is 15.6. The summed E-state index contributed by atoms with van der Waals surface area (Å²) in [7, 11) is 1.76. The summed E-state index contributed by atoms with van der Waals surface area (Å²) in [4.78, 5) is 28.8. The van der Waals surface area contributed by atoms with Gasteiger partial charge < -0.3 is 14.5 Å². The molecule has 1 aromatic heterocycles. The van der Waals surface area contributed by atoms with Gasteiger partial charge in [0.25, 0.3) is 0 Å². The van der Waals surface area contributed by atoms with Crippen LogP contribution in [-0.4, -0.2) is 65.6 Å². The predicted molar refractivity (Wildman–Crippen MR) is 132 cm³/mol. The fourth-order valence-corrected chi connectivity index (χ4v) is 5.16.